The van der Waals surface area contributed by atoms with E-state index in [1.165, 1.54) is 0 Å². The highest BCUT2D eigenvalue weighted by atomic mass is 17.3. The van der Waals surface area contributed by atoms with Crippen LogP contribution in [0.1, 0.15) is 135 Å². The van der Waals surface area contributed by atoms with E-state index in [9.17, 15) is 0 Å². The van der Waals surface area contributed by atoms with E-state index in [1.807, 2.05) is 41.5 Å². The summed E-state index contributed by atoms with van der Waals surface area (Å²) in [7, 11) is 0. The van der Waals surface area contributed by atoms with Crippen LogP contribution in [-0.4, -0.2) is 63.3 Å². The summed E-state index contributed by atoms with van der Waals surface area (Å²) < 4.78 is 40.0. The van der Waals surface area contributed by atoms with E-state index < -0.39 is 23.0 Å². The van der Waals surface area contributed by atoms with Gasteiger partial charge in [0.1, 0.15) is 0 Å². The maximum Gasteiger partial charge on any atom is 0.328 e. The van der Waals surface area contributed by atoms with Gasteiger partial charge in [0.05, 0.1) is 44.7 Å². The van der Waals surface area contributed by atoms with Gasteiger partial charge in [0.2, 0.25) is 0 Å². The molecule has 41 heavy (non-hydrogen) atoms. The summed E-state index contributed by atoms with van der Waals surface area (Å²) in [6, 6.07) is 0. The second-order valence-electron chi connectivity index (χ2n) is 13.4. The number of hydrogen-bond acceptors (Lipinski definition) is 8. The van der Waals surface area contributed by atoms with Crippen LogP contribution in [0.15, 0.2) is 0 Å². The lowest BCUT2D eigenvalue weighted by molar-refractivity contribution is -0.594. The minimum Gasteiger partial charge on any atom is -0.380 e. The van der Waals surface area contributed by atoms with Gasteiger partial charge in [-0.3, -0.25) is 0 Å². The Labute approximate surface area is 253 Å². The molecule has 0 heterocycles. The molecular weight excluding hydrogens is 524 g/mol. The van der Waals surface area contributed by atoms with Crippen LogP contribution in [-0.2, 0) is 38.2 Å². The van der Waals surface area contributed by atoms with E-state index in [2.05, 4.69) is 48.5 Å². The molecule has 0 aromatic heterocycles. The van der Waals surface area contributed by atoms with Gasteiger partial charge in [-0.1, -0.05) is 67.7 Å². The molecule has 0 rings (SSSR count). The molecule has 0 amide bonds. The molecule has 0 aliphatic heterocycles. The first-order chi connectivity index (χ1) is 19.1. The number of ether oxygens (including phenoxy) is 6. The maximum atomic E-state index is 6.82. The molecule has 0 saturated carbocycles. The molecule has 0 spiro atoms. The van der Waals surface area contributed by atoms with E-state index >= 15 is 0 Å². The third kappa shape index (κ3) is 14.8. The normalized spacial score (nSPS) is 17.3. The lowest BCUT2D eigenvalue weighted by atomic mass is 9.83. The Morgan fingerprint density at radius 1 is 0.610 bits per heavy atom. The monoisotopic (exact) mass is 592 g/mol. The molecular formula is C33H68O8. The largest absolute Gasteiger partial charge is 0.380 e. The molecule has 0 aromatic carbocycles. The average molecular weight is 593 g/mol. The van der Waals surface area contributed by atoms with Crippen LogP contribution in [0.3, 0.4) is 0 Å². The third-order valence-corrected chi connectivity index (χ3v) is 6.31. The minimum absolute atomic E-state index is 0.120. The first kappa shape index (κ1) is 40.7. The molecule has 3 atom stereocenters. The Morgan fingerprint density at radius 2 is 1.22 bits per heavy atom. The van der Waals surface area contributed by atoms with Crippen LogP contribution < -0.4 is 0 Å². The Kier molecular flexibility index (Phi) is 20.4. The second kappa shape index (κ2) is 20.6. The van der Waals surface area contributed by atoms with Crippen molar-refractivity contribution in [1.29, 1.82) is 0 Å². The number of hydrogen-bond donors (Lipinski definition) is 0. The highest BCUT2D eigenvalue weighted by Crippen LogP contribution is 2.51. The lowest BCUT2D eigenvalue weighted by Gasteiger charge is -2.55. The van der Waals surface area contributed by atoms with Gasteiger partial charge in [-0.25, -0.2) is 4.89 Å². The Hall–Kier alpha value is -0.320. The Balaban J connectivity index is 7.33. The minimum atomic E-state index is -1.79. The van der Waals surface area contributed by atoms with Gasteiger partial charge in [-0.05, 0) is 79.1 Å². The summed E-state index contributed by atoms with van der Waals surface area (Å²) in [4.78, 5) is 12.3. The van der Waals surface area contributed by atoms with Gasteiger partial charge < -0.3 is 28.4 Å². The molecule has 3 unspecified atom stereocenters. The van der Waals surface area contributed by atoms with Crippen LogP contribution in [0.2, 0.25) is 0 Å². The molecule has 0 fully saturated rings. The van der Waals surface area contributed by atoms with Crippen molar-refractivity contribution in [3.63, 3.8) is 0 Å². The van der Waals surface area contributed by atoms with Crippen molar-refractivity contribution >= 4 is 0 Å². The quantitative estimate of drug-likeness (QED) is 0.0427. The summed E-state index contributed by atoms with van der Waals surface area (Å²) in [6.45, 7) is 28.9. The molecule has 0 bridgehead atoms. The summed E-state index contributed by atoms with van der Waals surface area (Å²) in [5.41, 5.74) is -1.98. The SMILES string of the molecule is CCCCCOC(OOCCC(C)C)(OC(C)(C)C)C(C)(COCCC)C(OCCCC)(OCC(C)C)OC(C)C. The molecule has 0 aromatic rings. The van der Waals surface area contributed by atoms with Crippen molar-refractivity contribution in [2.45, 2.75) is 159 Å². The average Bonchev–Trinajstić information content (AvgIpc) is 2.86. The number of unbranched alkanes of at least 4 members (excludes halogenated alkanes) is 3. The van der Waals surface area contributed by atoms with Gasteiger partial charge in [0.15, 0.2) is 5.41 Å². The third-order valence-electron chi connectivity index (χ3n) is 6.31. The zero-order chi connectivity index (χ0) is 31.6. The Bertz CT molecular complexity index is 635. The van der Waals surface area contributed by atoms with Crippen molar-refractivity contribution in [3.05, 3.63) is 0 Å². The Morgan fingerprint density at radius 3 is 1.73 bits per heavy atom. The zero-order valence-corrected chi connectivity index (χ0v) is 29.2. The number of rotatable bonds is 26. The summed E-state index contributed by atoms with van der Waals surface area (Å²) in [6.07, 6.45) is 6.08. The van der Waals surface area contributed by atoms with E-state index in [-0.39, 0.29) is 18.6 Å². The smallest absolute Gasteiger partial charge is 0.328 e. The topological polar surface area (TPSA) is 73.8 Å². The fraction of sp³-hybridized carbons (Fsp3) is 1.00. The molecule has 248 valence electrons. The van der Waals surface area contributed by atoms with Crippen LogP contribution in [0.5, 0.6) is 0 Å². The van der Waals surface area contributed by atoms with Crippen molar-refractivity contribution in [1.82, 2.24) is 0 Å². The molecule has 0 aliphatic carbocycles. The van der Waals surface area contributed by atoms with E-state index in [0.717, 1.165) is 44.9 Å². The van der Waals surface area contributed by atoms with Gasteiger partial charge in [-0.2, -0.15) is 4.89 Å². The van der Waals surface area contributed by atoms with E-state index in [4.69, 9.17) is 38.2 Å². The maximum absolute atomic E-state index is 6.82. The highest BCUT2D eigenvalue weighted by molar-refractivity contribution is 4.96. The van der Waals surface area contributed by atoms with E-state index in [1.54, 1.807) is 0 Å². The predicted octanol–water partition coefficient (Wildman–Crippen LogP) is 8.66. The lowest BCUT2D eigenvalue weighted by Crippen LogP contribution is -2.70. The first-order valence-electron chi connectivity index (χ1n) is 16.3. The van der Waals surface area contributed by atoms with Gasteiger partial charge in [0.25, 0.3) is 5.97 Å². The fourth-order valence-electron chi connectivity index (χ4n) is 4.08. The summed E-state index contributed by atoms with van der Waals surface area (Å²) in [5.74, 6) is -2.77. The van der Waals surface area contributed by atoms with Gasteiger partial charge in [-0.15, -0.1) is 0 Å². The first-order valence-corrected chi connectivity index (χ1v) is 16.3. The summed E-state index contributed by atoms with van der Waals surface area (Å²) >= 11 is 0. The van der Waals surface area contributed by atoms with Gasteiger partial charge in [0, 0.05) is 6.61 Å². The molecule has 8 nitrogen and oxygen atoms in total. The second-order valence-corrected chi connectivity index (χ2v) is 13.4. The van der Waals surface area contributed by atoms with Crippen molar-refractivity contribution in [3.8, 4) is 0 Å². The fourth-order valence-corrected chi connectivity index (χ4v) is 4.08. The zero-order valence-electron chi connectivity index (χ0n) is 29.2. The summed E-state index contributed by atoms with van der Waals surface area (Å²) in [5, 5.41) is 0. The molecule has 0 radical (unpaired) electrons. The molecule has 0 aliphatic rings. The highest BCUT2D eigenvalue weighted by Gasteiger charge is 2.70. The molecule has 0 saturated heterocycles. The standard InChI is InChI=1S/C33H68O8/c1-14-17-19-23-36-33(40-30(10,11)12,41-38-24-20-27(4)5)31(13,26-34-21-16-3)32(39-29(8)9,35-22-18-15-2)37-25-28(6)7/h27-29H,14-26H2,1-13H3. The van der Waals surface area contributed by atoms with E-state index in [0.29, 0.717) is 39.0 Å². The van der Waals surface area contributed by atoms with Crippen molar-refractivity contribution in [2.75, 3.05) is 39.6 Å². The molecule has 0 N–H and O–H groups in total. The van der Waals surface area contributed by atoms with Crippen LogP contribution in [0.4, 0.5) is 0 Å². The molecule has 8 heteroatoms. The van der Waals surface area contributed by atoms with Gasteiger partial charge >= 0.3 is 5.97 Å². The van der Waals surface area contributed by atoms with Crippen LogP contribution >= 0.6 is 0 Å². The van der Waals surface area contributed by atoms with Crippen LogP contribution in [0.25, 0.3) is 0 Å². The predicted molar refractivity (Wildman–Crippen MR) is 165 cm³/mol. The van der Waals surface area contributed by atoms with Crippen molar-refractivity contribution < 1.29 is 38.2 Å². The van der Waals surface area contributed by atoms with Crippen molar-refractivity contribution in [2.24, 2.45) is 17.3 Å². The van der Waals surface area contributed by atoms with Crippen LogP contribution in [0, 0.1) is 17.3 Å².